The average Bonchev–Trinajstić information content (AvgIpc) is 3.26. The maximum atomic E-state index is 12.7. The molecule has 0 saturated heterocycles. The van der Waals surface area contributed by atoms with E-state index in [1.54, 1.807) is 19.2 Å². The van der Waals surface area contributed by atoms with Crippen molar-refractivity contribution in [2.45, 2.75) is 32.1 Å². The molecule has 7 heteroatoms. The van der Waals surface area contributed by atoms with E-state index in [0.29, 0.717) is 23.7 Å². The largest absolute Gasteiger partial charge is 0.459 e. The third-order valence-corrected chi connectivity index (χ3v) is 5.39. The first-order valence-electron chi connectivity index (χ1n) is 8.47. The molecule has 0 spiro atoms. The molecular weight excluding hydrogens is 340 g/mol. The Morgan fingerprint density at radius 3 is 2.88 bits per heavy atom. The highest BCUT2D eigenvalue weighted by Gasteiger charge is 2.26. The van der Waals surface area contributed by atoms with Crippen LogP contribution in [0.3, 0.4) is 0 Å². The monoisotopic (exact) mass is 362 g/mol. The average molecular weight is 362 g/mol. The van der Waals surface area contributed by atoms with Crippen LogP contribution in [-0.2, 0) is 17.6 Å². The maximum Gasteiger partial charge on any atom is 0.291 e. The molecule has 134 valence electrons. The Morgan fingerprint density at radius 1 is 1.28 bits per heavy atom. The summed E-state index contributed by atoms with van der Waals surface area (Å²) in [6, 6.07) is 3.27. The number of thiophene rings is 1. The van der Waals surface area contributed by atoms with Crippen LogP contribution in [0, 0.1) is 0 Å². The van der Waals surface area contributed by atoms with E-state index in [2.05, 4.69) is 10.6 Å². The maximum absolute atomic E-state index is 12.7. The lowest BCUT2D eigenvalue weighted by molar-refractivity contribution is 0.0948. The van der Waals surface area contributed by atoms with Crippen molar-refractivity contribution in [3.63, 3.8) is 0 Å². The second kappa shape index (κ2) is 8.31. The summed E-state index contributed by atoms with van der Waals surface area (Å²) in [5.41, 5.74) is 1.69. The van der Waals surface area contributed by atoms with E-state index in [1.807, 2.05) is 0 Å². The highest BCUT2D eigenvalue weighted by Crippen LogP contribution is 2.38. The molecule has 2 heterocycles. The predicted molar refractivity (Wildman–Crippen MR) is 96.4 cm³/mol. The van der Waals surface area contributed by atoms with Gasteiger partial charge in [-0.05, 0) is 49.8 Å². The fourth-order valence-corrected chi connectivity index (χ4v) is 4.26. The van der Waals surface area contributed by atoms with E-state index in [4.69, 9.17) is 9.15 Å². The van der Waals surface area contributed by atoms with Gasteiger partial charge in [-0.1, -0.05) is 0 Å². The molecule has 0 atom stereocenters. The Bertz CT molecular complexity index is 737. The molecule has 25 heavy (non-hydrogen) atoms. The number of methoxy groups -OCH3 is 1. The molecule has 0 saturated carbocycles. The normalized spacial score (nSPS) is 13.3. The van der Waals surface area contributed by atoms with Crippen LogP contribution in [0.15, 0.2) is 22.8 Å². The summed E-state index contributed by atoms with van der Waals surface area (Å²) in [5.74, 6) is -0.236. The standard InChI is InChI=1S/C18H22N2O4S/c1-23-10-5-9-19-17(22)15-12-6-2-3-8-14(12)25-18(15)20-16(21)13-7-4-11-24-13/h4,7,11H,2-3,5-6,8-10H2,1H3,(H,19,22)(H,20,21). The summed E-state index contributed by atoms with van der Waals surface area (Å²) in [7, 11) is 1.64. The van der Waals surface area contributed by atoms with E-state index >= 15 is 0 Å². The van der Waals surface area contributed by atoms with Crippen molar-refractivity contribution in [1.82, 2.24) is 5.32 Å². The van der Waals surface area contributed by atoms with Gasteiger partial charge in [0, 0.05) is 25.1 Å². The Morgan fingerprint density at radius 2 is 2.12 bits per heavy atom. The van der Waals surface area contributed by atoms with Crippen molar-refractivity contribution < 1.29 is 18.7 Å². The van der Waals surface area contributed by atoms with Gasteiger partial charge < -0.3 is 19.8 Å². The highest BCUT2D eigenvalue weighted by molar-refractivity contribution is 7.17. The fourth-order valence-electron chi connectivity index (χ4n) is 2.97. The van der Waals surface area contributed by atoms with E-state index in [1.165, 1.54) is 22.5 Å². The van der Waals surface area contributed by atoms with Crippen LogP contribution < -0.4 is 10.6 Å². The third kappa shape index (κ3) is 4.11. The molecular formula is C18H22N2O4S. The van der Waals surface area contributed by atoms with Gasteiger partial charge in [-0.3, -0.25) is 9.59 Å². The number of hydrogen-bond donors (Lipinski definition) is 2. The third-order valence-electron chi connectivity index (χ3n) is 4.18. The lowest BCUT2D eigenvalue weighted by Crippen LogP contribution is -2.27. The summed E-state index contributed by atoms with van der Waals surface area (Å²) in [6.07, 6.45) is 6.23. The summed E-state index contributed by atoms with van der Waals surface area (Å²) < 4.78 is 10.1. The lowest BCUT2D eigenvalue weighted by atomic mass is 9.95. The van der Waals surface area contributed by atoms with Crippen molar-refractivity contribution in [2.75, 3.05) is 25.6 Å². The molecule has 0 fully saturated rings. The zero-order chi connectivity index (χ0) is 17.6. The van der Waals surface area contributed by atoms with E-state index in [9.17, 15) is 9.59 Å². The van der Waals surface area contributed by atoms with Gasteiger partial charge in [-0.25, -0.2) is 0 Å². The number of furan rings is 1. The molecule has 2 N–H and O–H groups in total. The minimum Gasteiger partial charge on any atom is -0.459 e. The number of aryl methyl sites for hydroxylation is 1. The molecule has 1 aliphatic carbocycles. The van der Waals surface area contributed by atoms with Gasteiger partial charge in [-0.2, -0.15) is 0 Å². The number of fused-ring (bicyclic) bond motifs is 1. The van der Waals surface area contributed by atoms with Gasteiger partial charge >= 0.3 is 0 Å². The summed E-state index contributed by atoms with van der Waals surface area (Å²) in [5, 5.41) is 6.39. The summed E-state index contributed by atoms with van der Waals surface area (Å²) >= 11 is 1.50. The molecule has 0 aliphatic heterocycles. The zero-order valence-electron chi connectivity index (χ0n) is 14.2. The van der Waals surface area contributed by atoms with Crippen LogP contribution in [-0.4, -0.2) is 32.1 Å². The van der Waals surface area contributed by atoms with Crippen molar-refractivity contribution in [3.05, 3.63) is 40.2 Å². The van der Waals surface area contributed by atoms with Crippen molar-refractivity contribution >= 4 is 28.2 Å². The summed E-state index contributed by atoms with van der Waals surface area (Å²) in [4.78, 5) is 26.2. The molecule has 2 amide bonds. The number of hydrogen-bond acceptors (Lipinski definition) is 5. The topological polar surface area (TPSA) is 80.6 Å². The van der Waals surface area contributed by atoms with Crippen molar-refractivity contribution in [1.29, 1.82) is 0 Å². The molecule has 0 radical (unpaired) electrons. The van der Waals surface area contributed by atoms with Gasteiger partial charge in [0.2, 0.25) is 0 Å². The van der Waals surface area contributed by atoms with Crippen LogP contribution in [0.1, 0.15) is 50.6 Å². The van der Waals surface area contributed by atoms with Gasteiger partial charge in [0.05, 0.1) is 11.8 Å². The Hall–Kier alpha value is -2.12. The Kier molecular flexibility index (Phi) is 5.88. The second-order valence-corrected chi connectivity index (χ2v) is 7.05. The number of amides is 2. The smallest absolute Gasteiger partial charge is 0.291 e. The van der Waals surface area contributed by atoms with Gasteiger partial charge in [0.15, 0.2) is 5.76 Å². The molecule has 0 aromatic carbocycles. The molecule has 2 aromatic rings. The predicted octanol–water partition coefficient (Wildman–Crippen LogP) is 3.24. The molecule has 1 aliphatic rings. The quantitative estimate of drug-likeness (QED) is 0.741. The zero-order valence-corrected chi connectivity index (χ0v) is 15.0. The van der Waals surface area contributed by atoms with Crippen LogP contribution in [0.4, 0.5) is 5.00 Å². The minimum atomic E-state index is -0.336. The van der Waals surface area contributed by atoms with Crippen LogP contribution in [0.25, 0.3) is 0 Å². The van der Waals surface area contributed by atoms with Gasteiger partial charge in [-0.15, -0.1) is 11.3 Å². The van der Waals surface area contributed by atoms with Crippen molar-refractivity contribution in [3.8, 4) is 0 Å². The summed E-state index contributed by atoms with van der Waals surface area (Å²) in [6.45, 7) is 1.15. The Balaban J connectivity index is 1.80. The second-order valence-electron chi connectivity index (χ2n) is 5.95. The number of rotatable bonds is 7. The van der Waals surface area contributed by atoms with Crippen molar-refractivity contribution in [2.24, 2.45) is 0 Å². The minimum absolute atomic E-state index is 0.134. The first-order chi connectivity index (χ1) is 12.2. The number of nitrogens with one attached hydrogen (secondary N) is 2. The number of carbonyl (C=O) groups excluding carboxylic acids is 2. The molecule has 0 unspecified atom stereocenters. The molecule has 2 aromatic heterocycles. The van der Waals surface area contributed by atoms with E-state index in [0.717, 1.165) is 37.7 Å². The first-order valence-corrected chi connectivity index (χ1v) is 9.29. The number of ether oxygens (including phenoxy) is 1. The van der Waals surface area contributed by atoms with Gasteiger partial charge in [0.25, 0.3) is 11.8 Å². The van der Waals surface area contributed by atoms with Crippen LogP contribution in [0.2, 0.25) is 0 Å². The van der Waals surface area contributed by atoms with Crippen LogP contribution >= 0.6 is 11.3 Å². The molecule has 3 rings (SSSR count). The highest BCUT2D eigenvalue weighted by atomic mass is 32.1. The molecule has 6 nitrogen and oxygen atoms in total. The fraction of sp³-hybridized carbons (Fsp3) is 0.444. The number of carbonyl (C=O) groups is 2. The van der Waals surface area contributed by atoms with Gasteiger partial charge in [0.1, 0.15) is 5.00 Å². The van der Waals surface area contributed by atoms with E-state index < -0.39 is 0 Å². The number of anilines is 1. The van der Waals surface area contributed by atoms with Crippen LogP contribution in [0.5, 0.6) is 0 Å². The first kappa shape index (κ1) is 17.7. The Labute approximate surface area is 150 Å². The molecule has 0 bridgehead atoms. The van der Waals surface area contributed by atoms with E-state index in [-0.39, 0.29) is 17.6 Å². The lowest BCUT2D eigenvalue weighted by Gasteiger charge is -2.13. The SMILES string of the molecule is COCCCNC(=O)c1c(NC(=O)c2ccco2)sc2c1CCCC2.